The number of alkyl halides is 2. The van der Waals surface area contributed by atoms with Crippen LogP contribution in [0.2, 0.25) is 5.02 Å². The second-order valence-corrected chi connectivity index (χ2v) is 5.27. The highest BCUT2D eigenvalue weighted by Crippen LogP contribution is 2.28. The summed E-state index contributed by atoms with van der Waals surface area (Å²) in [5, 5.41) is 8.27. The van der Waals surface area contributed by atoms with Gasteiger partial charge in [0, 0.05) is 6.54 Å². The van der Waals surface area contributed by atoms with Gasteiger partial charge in [-0.2, -0.15) is 8.78 Å². The number of aliphatic hydroxyl groups excluding tert-OH is 1. The average Bonchev–Trinajstić information content (AvgIpc) is 2.28. The van der Waals surface area contributed by atoms with E-state index in [1.807, 2.05) is 0 Å². The molecule has 0 saturated heterocycles. The van der Waals surface area contributed by atoms with Gasteiger partial charge in [0.1, 0.15) is 5.75 Å². The maximum absolute atomic E-state index is 12.0. The minimum atomic E-state index is -3.83. The van der Waals surface area contributed by atoms with E-state index in [1.165, 1.54) is 0 Å². The Morgan fingerprint density at radius 3 is 2.61 bits per heavy atom. The van der Waals surface area contributed by atoms with E-state index in [0.29, 0.717) is 0 Å². The van der Waals surface area contributed by atoms with Crippen LogP contribution in [-0.2, 0) is 10.0 Å². The summed E-state index contributed by atoms with van der Waals surface area (Å²) in [4.78, 5) is -0.206. The SMILES string of the molecule is O=S(=O)(NCCO)c1ccc(OC(F)F)c(Cl)c1. The summed E-state index contributed by atoms with van der Waals surface area (Å²) < 4.78 is 53.3. The van der Waals surface area contributed by atoms with Gasteiger partial charge in [-0.15, -0.1) is 0 Å². The summed E-state index contributed by atoms with van der Waals surface area (Å²) in [7, 11) is -3.83. The third-order valence-corrected chi connectivity index (χ3v) is 3.59. The highest BCUT2D eigenvalue weighted by Gasteiger charge is 2.16. The van der Waals surface area contributed by atoms with Crippen molar-refractivity contribution in [3.8, 4) is 5.75 Å². The largest absolute Gasteiger partial charge is 0.433 e. The molecule has 0 bridgehead atoms. The van der Waals surface area contributed by atoms with E-state index in [9.17, 15) is 17.2 Å². The summed E-state index contributed by atoms with van der Waals surface area (Å²) in [6.45, 7) is -3.56. The van der Waals surface area contributed by atoms with Gasteiger partial charge in [0.05, 0.1) is 16.5 Å². The molecular weight excluding hydrogens is 292 g/mol. The first-order valence-corrected chi connectivity index (χ1v) is 6.58. The first-order chi connectivity index (χ1) is 8.36. The fourth-order valence-electron chi connectivity index (χ4n) is 1.10. The molecule has 0 aliphatic heterocycles. The molecule has 0 aliphatic rings. The lowest BCUT2D eigenvalue weighted by molar-refractivity contribution is -0.0498. The Kier molecular flexibility index (Phi) is 5.27. The van der Waals surface area contributed by atoms with Crippen molar-refractivity contribution in [1.29, 1.82) is 0 Å². The van der Waals surface area contributed by atoms with Crippen LogP contribution in [0.1, 0.15) is 0 Å². The molecule has 0 atom stereocenters. The van der Waals surface area contributed by atoms with Crippen molar-refractivity contribution in [3.05, 3.63) is 23.2 Å². The Balaban J connectivity index is 2.97. The lowest BCUT2D eigenvalue weighted by Gasteiger charge is -2.09. The number of nitrogens with one attached hydrogen (secondary N) is 1. The van der Waals surface area contributed by atoms with Gasteiger partial charge in [0.15, 0.2) is 0 Å². The first kappa shape index (κ1) is 15.1. The summed E-state index contributed by atoms with van der Waals surface area (Å²) in [5.41, 5.74) is 0. The van der Waals surface area contributed by atoms with Crippen LogP contribution >= 0.6 is 11.6 Å². The third kappa shape index (κ3) is 4.05. The standard InChI is InChI=1S/C9H10ClF2NO4S/c10-7-5-6(18(15,16)13-3-4-14)1-2-8(7)17-9(11)12/h1-2,5,9,13-14H,3-4H2. The molecule has 5 nitrogen and oxygen atoms in total. The Morgan fingerprint density at radius 1 is 1.44 bits per heavy atom. The van der Waals surface area contributed by atoms with Gasteiger partial charge < -0.3 is 9.84 Å². The molecule has 0 spiro atoms. The van der Waals surface area contributed by atoms with Gasteiger partial charge >= 0.3 is 6.61 Å². The van der Waals surface area contributed by atoms with Crippen LogP contribution in [0.5, 0.6) is 5.75 Å². The van der Waals surface area contributed by atoms with Gasteiger partial charge in [-0.3, -0.25) is 0 Å². The molecule has 0 heterocycles. The number of halogens is 3. The quantitative estimate of drug-likeness (QED) is 0.828. The van der Waals surface area contributed by atoms with E-state index in [2.05, 4.69) is 9.46 Å². The van der Waals surface area contributed by atoms with Crippen molar-refractivity contribution in [1.82, 2.24) is 4.72 Å². The lowest BCUT2D eigenvalue weighted by Crippen LogP contribution is -2.26. The van der Waals surface area contributed by atoms with E-state index in [1.54, 1.807) is 0 Å². The molecular formula is C9H10ClF2NO4S. The molecule has 0 saturated carbocycles. The van der Waals surface area contributed by atoms with Gasteiger partial charge in [-0.1, -0.05) is 11.6 Å². The molecule has 0 aliphatic carbocycles. The minimum absolute atomic E-state index is 0.158. The number of ether oxygens (including phenoxy) is 1. The van der Waals surface area contributed by atoms with Gasteiger partial charge in [-0.25, -0.2) is 13.1 Å². The second kappa shape index (κ2) is 6.28. The van der Waals surface area contributed by atoms with Gasteiger partial charge in [0.25, 0.3) is 0 Å². The fourth-order valence-corrected chi connectivity index (χ4v) is 2.44. The second-order valence-electron chi connectivity index (χ2n) is 3.09. The molecule has 0 radical (unpaired) electrons. The Labute approximate surface area is 107 Å². The average molecular weight is 302 g/mol. The highest BCUT2D eigenvalue weighted by molar-refractivity contribution is 7.89. The molecule has 2 N–H and O–H groups in total. The van der Waals surface area contributed by atoms with Gasteiger partial charge in [-0.05, 0) is 18.2 Å². The van der Waals surface area contributed by atoms with Crippen LogP contribution in [0.25, 0.3) is 0 Å². The minimum Gasteiger partial charge on any atom is -0.433 e. The van der Waals surface area contributed by atoms with Crippen molar-refractivity contribution >= 4 is 21.6 Å². The maximum atomic E-state index is 12.0. The Morgan fingerprint density at radius 2 is 2.11 bits per heavy atom. The molecule has 1 aromatic rings. The zero-order valence-electron chi connectivity index (χ0n) is 8.94. The van der Waals surface area contributed by atoms with Crippen LogP contribution in [0.4, 0.5) is 8.78 Å². The number of aliphatic hydroxyl groups is 1. The summed E-state index contributed by atoms with van der Waals surface area (Å²) >= 11 is 5.61. The molecule has 0 unspecified atom stereocenters. The van der Waals surface area contributed by atoms with E-state index in [4.69, 9.17) is 16.7 Å². The molecule has 0 aromatic heterocycles. The Bertz CT molecular complexity index is 509. The van der Waals surface area contributed by atoms with Crippen molar-refractivity contribution in [2.24, 2.45) is 0 Å². The van der Waals surface area contributed by atoms with E-state index >= 15 is 0 Å². The van der Waals surface area contributed by atoms with E-state index in [0.717, 1.165) is 18.2 Å². The van der Waals surface area contributed by atoms with Crippen LogP contribution in [0.3, 0.4) is 0 Å². The Hall–Kier alpha value is -0.960. The summed E-state index contributed by atoms with van der Waals surface area (Å²) in [6, 6.07) is 3.09. The predicted molar refractivity (Wildman–Crippen MR) is 60.4 cm³/mol. The molecule has 18 heavy (non-hydrogen) atoms. The monoisotopic (exact) mass is 301 g/mol. The number of benzene rings is 1. The lowest BCUT2D eigenvalue weighted by atomic mass is 10.3. The zero-order chi connectivity index (χ0) is 13.8. The molecule has 1 rings (SSSR count). The summed E-state index contributed by atoms with van der Waals surface area (Å²) in [6.07, 6.45) is 0. The van der Waals surface area contributed by atoms with Crippen LogP contribution in [-0.4, -0.2) is 33.3 Å². The topological polar surface area (TPSA) is 75.6 Å². The number of hydrogen-bond donors (Lipinski definition) is 2. The number of hydrogen-bond acceptors (Lipinski definition) is 4. The maximum Gasteiger partial charge on any atom is 0.387 e. The van der Waals surface area contributed by atoms with E-state index < -0.39 is 16.6 Å². The van der Waals surface area contributed by atoms with Crippen LogP contribution in [0, 0.1) is 0 Å². The van der Waals surface area contributed by atoms with Gasteiger partial charge in [0.2, 0.25) is 10.0 Å². The predicted octanol–water partition coefficient (Wildman–Crippen LogP) is 1.21. The molecule has 9 heteroatoms. The highest BCUT2D eigenvalue weighted by atomic mass is 35.5. The van der Waals surface area contributed by atoms with Crippen molar-refractivity contribution < 1.29 is 27.0 Å². The normalized spacial score (nSPS) is 11.8. The third-order valence-electron chi connectivity index (χ3n) is 1.83. The van der Waals surface area contributed by atoms with Crippen molar-refractivity contribution in [2.45, 2.75) is 11.5 Å². The number of sulfonamides is 1. The van der Waals surface area contributed by atoms with Crippen LogP contribution in [0.15, 0.2) is 23.1 Å². The molecule has 0 amide bonds. The number of rotatable bonds is 6. The van der Waals surface area contributed by atoms with Crippen LogP contribution < -0.4 is 9.46 Å². The molecule has 0 fully saturated rings. The smallest absolute Gasteiger partial charge is 0.387 e. The van der Waals surface area contributed by atoms with E-state index in [-0.39, 0.29) is 28.8 Å². The summed E-state index contributed by atoms with van der Waals surface area (Å²) in [5.74, 6) is -0.312. The first-order valence-electron chi connectivity index (χ1n) is 4.71. The fraction of sp³-hybridized carbons (Fsp3) is 0.333. The van der Waals surface area contributed by atoms with Crippen molar-refractivity contribution in [3.63, 3.8) is 0 Å². The zero-order valence-corrected chi connectivity index (χ0v) is 10.5. The molecule has 1 aromatic carbocycles. The van der Waals surface area contributed by atoms with Crippen molar-refractivity contribution in [2.75, 3.05) is 13.2 Å². The molecule has 102 valence electrons.